The average molecular weight is 513 g/mol. The Morgan fingerprint density at radius 2 is 1.90 bits per heavy atom. The van der Waals surface area contributed by atoms with Gasteiger partial charge in [-0.1, -0.05) is 25.3 Å². The van der Waals surface area contributed by atoms with Gasteiger partial charge in [-0.15, -0.1) is 24.0 Å². The van der Waals surface area contributed by atoms with Gasteiger partial charge >= 0.3 is 0 Å². The van der Waals surface area contributed by atoms with Crippen LogP contribution in [0.4, 0.5) is 0 Å². The molecule has 7 heteroatoms. The number of rotatable bonds is 8. The maximum atomic E-state index is 5.42. The molecule has 0 saturated heterocycles. The Balaban J connectivity index is 0.00000300. The molecule has 1 aromatic carbocycles. The third kappa shape index (κ3) is 7.45. The number of aliphatic imine (C=N–C) groups is 1. The number of halogens is 1. The first-order chi connectivity index (χ1) is 13.8. The van der Waals surface area contributed by atoms with Crippen LogP contribution in [0.1, 0.15) is 43.4 Å². The molecule has 0 amide bonds. The zero-order chi connectivity index (χ0) is 19.6. The van der Waals surface area contributed by atoms with Crippen LogP contribution in [0.25, 0.3) is 0 Å². The summed E-state index contributed by atoms with van der Waals surface area (Å²) in [6, 6.07) is 10.3. The van der Waals surface area contributed by atoms with Crippen molar-refractivity contribution in [3.8, 4) is 11.5 Å². The molecule has 0 unspecified atom stereocenters. The van der Waals surface area contributed by atoms with Crippen LogP contribution in [-0.4, -0.2) is 32.8 Å². The van der Waals surface area contributed by atoms with Crippen molar-refractivity contribution in [1.82, 2.24) is 10.6 Å². The number of benzene rings is 1. The summed E-state index contributed by atoms with van der Waals surface area (Å²) in [5.41, 5.74) is 1.08. The fourth-order valence-corrected chi connectivity index (χ4v) is 3.50. The monoisotopic (exact) mass is 513 g/mol. The van der Waals surface area contributed by atoms with E-state index in [4.69, 9.17) is 18.9 Å². The highest BCUT2D eigenvalue weighted by Gasteiger charge is 2.15. The fourth-order valence-electron chi connectivity index (χ4n) is 3.50. The van der Waals surface area contributed by atoms with Gasteiger partial charge in [0.05, 0.1) is 27.0 Å². The molecule has 0 spiro atoms. The van der Waals surface area contributed by atoms with Crippen LogP contribution in [0, 0.1) is 0 Å². The van der Waals surface area contributed by atoms with Gasteiger partial charge in [-0.2, -0.15) is 0 Å². The van der Waals surface area contributed by atoms with E-state index >= 15 is 0 Å². The molecule has 3 rings (SSSR count). The predicted molar refractivity (Wildman–Crippen MR) is 127 cm³/mol. The Kier molecular flexibility index (Phi) is 10.2. The molecular weight excluding hydrogens is 481 g/mol. The summed E-state index contributed by atoms with van der Waals surface area (Å²) in [4.78, 5) is 4.81. The highest BCUT2D eigenvalue weighted by Crippen LogP contribution is 2.27. The van der Waals surface area contributed by atoms with Gasteiger partial charge < -0.3 is 24.5 Å². The Morgan fingerprint density at radius 3 is 2.59 bits per heavy atom. The maximum absolute atomic E-state index is 5.42. The lowest BCUT2D eigenvalue weighted by Gasteiger charge is -2.25. The number of furan rings is 1. The summed E-state index contributed by atoms with van der Waals surface area (Å²) in [6.07, 6.45) is 8.85. The first-order valence-electron chi connectivity index (χ1n) is 10.1. The van der Waals surface area contributed by atoms with Crippen molar-refractivity contribution in [2.75, 3.05) is 20.8 Å². The minimum absolute atomic E-state index is 0. The molecule has 1 heterocycles. The van der Waals surface area contributed by atoms with Gasteiger partial charge in [0.15, 0.2) is 17.5 Å². The van der Waals surface area contributed by atoms with Gasteiger partial charge in [-0.25, -0.2) is 4.99 Å². The zero-order valence-electron chi connectivity index (χ0n) is 17.3. The van der Waals surface area contributed by atoms with Crippen molar-refractivity contribution in [3.63, 3.8) is 0 Å². The van der Waals surface area contributed by atoms with Gasteiger partial charge in [0.1, 0.15) is 5.76 Å². The fraction of sp³-hybridized carbons (Fsp3) is 0.500. The van der Waals surface area contributed by atoms with Crippen LogP contribution in [0.3, 0.4) is 0 Å². The van der Waals surface area contributed by atoms with E-state index in [-0.39, 0.29) is 24.0 Å². The van der Waals surface area contributed by atoms with Crippen LogP contribution in [0.2, 0.25) is 0 Å². The lowest BCUT2D eigenvalue weighted by molar-refractivity contribution is 0.354. The smallest absolute Gasteiger partial charge is 0.191 e. The largest absolute Gasteiger partial charge is 0.493 e. The first-order valence-corrected chi connectivity index (χ1v) is 10.1. The zero-order valence-corrected chi connectivity index (χ0v) is 19.6. The predicted octanol–water partition coefficient (Wildman–Crippen LogP) is 4.53. The van der Waals surface area contributed by atoms with E-state index in [0.29, 0.717) is 12.6 Å². The number of hydrogen-bond donors (Lipinski definition) is 2. The minimum Gasteiger partial charge on any atom is -0.493 e. The van der Waals surface area contributed by atoms with Gasteiger partial charge in [0, 0.05) is 19.0 Å². The number of nitrogens with one attached hydrogen (secondary N) is 2. The molecule has 2 N–H and O–H groups in total. The molecule has 1 aliphatic carbocycles. The van der Waals surface area contributed by atoms with E-state index in [0.717, 1.165) is 41.7 Å². The Hall–Kier alpha value is -1.90. The summed E-state index contributed by atoms with van der Waals surface area (Å²) in [5.74, 6) is 3.28. The molecule has 0 bridgehead atoms. The van der Waals surface area contributed by atoms with E-state index in [1.54, 1.807) is 20.5 Å². The second-order valence-corrected chi connectivity index (χ2v) is 7.09. The number of nitrogens with zero attached hydrogens (tertiary/aromatic N) is 1. The van der Waals surface area contributed by atoms with E-state index in [1.165, 1.54) is 32.1 Å². The van der Waals surface area contributed by atoms with Gasteiger partial charge in [-0.05, 0) is 42.7 Å². The first kappa shape index (κ1) is 23.4. The maximum Gasteiger partial charge on any atom is 0.191 e. The van der Waals surface area contributed by atoms with Gasteiger partial charge in [-0.3, -0.25) is 0 Å². The molecule has 2 aromatic rings. The molecule has 160 valence electrons. The molecule has 29 heavy (non-hydrogen) atoms. The van der Waals surface area contributed by atoms with Crippen LogP contribution in [0.15, 0.2) is 46.0 Å². The molecule has 0 radical (unpaired) electrons. The van der Waals surface area contributed by atoms with Crippen LogP contribution >= 0.6 is 24.0 Å². The molecule has 0 atom stereocenters. The number of guanidine groups is 1. The van der Waals surface area contributed by atoms with E-state index in [9.17, 15) is 0 Å². The quantitative estimate of drug-likeness (QED) is 0.309. The molecule has 1 aliphatic rings. The van der Waals surface area contributed by atoms with Crippen LogP contribution in [0.5, 0.6) is 11.5 Å². The highest BCUT2D eigenvalue weighted by molar-refractivity contribution is 14.0. The molecule has 1 aromatic heterocycles. The van der Waals surface area contributed by atoms with E-state index < -0.39 is 0 Å². The Morgan fingerprint density at radius 1 is 1.10 bits per heavy atom. The number of methoxy groups -OCH3 is 2. The minimum atomic E-state index is 0. The summed E-state index contributed by atoms with van der Waals surface area (Å²) in [7, 11) is 3.29. The second kappa shape index (κ2) is 12.6. The molecule has 0 aliphatic heterocycles. The normalized spacial score (nSPS) is 14.8. The molecule has 6 nitrogen and oxygen atoms in total. The summed E-state index contributed by atoms with van der Waals surface area (Å²) >= 11 is 0. The number of hydrogen-bond acceptors (Lipinski definition) is 4. The van der Waals surface area contributed by atoms with Crippen molar-refractivity contribution in [3.05, 3.63) is 47.9 Å². The van der Waals surface area contributed by atoms with Gasteiger partial charge in [0.2, 0.25) is 0 Å². The summed E-state index contributed by atoms with van der Waals surface area (Å²) in [5, 5.41) is 7.06. The standard InChI is InChI=1S/C22H31N3O3.HI/c1-26-20-11-10-17(15-21(20)27-2)16-24-22(25-18-7-4-3-5-8-18)23-13-12-19-9-6-14-28-19;/h6,9-11,14-15,18H,3-5,7-8,12-13,16H2,1-2H3,(H2,23,24,25);1H. The second-order valence-electron chi connectivity index (χ2n) is 7.09. The van der Waals surface area contributed by atoms with Crippen molar-refractivity contribution < 1.29 is 13.9 Å². The lowest BCUT2D eigenvalue weighted by Crippen LogP contribution is -2.44. The van der Waals surface area contributed by atoms with Crippen molar-refractivity contribution in [2.24, 2.45) is 4.99 Å². The third-order valence-electron chi connectivity index (χ3n) is 5.06. The molecular formula is C22H32IN3O3. The van der Waals surface area contributed by atoms with Crippen molar-refractivity contribution >= 4 is 29.9 Å². The average Bonchev–Trinajstić information content (AvgIpc) is 3.26. The third-order valence-corrected chi connectivity index (χ3v) is 5.06. The van der Waals surface area contributed by atoms with Crippen molar-refractivity contribution in [1.29, 1.82) is 0 Å². The van der Waals surface area contributed by atoms with E-state index in [1.807, 2.05) is 30.3 Å². The molecule has 1 saturated carbocycles. The number of ether oxygens (including phenoxy) is 2. The summed E-state index contributed by atoms with van der Waals surface area (Å²) in [6.45, 7) is 1.35. The Bertz CT molecular complexity index is 744. The van der Waals surface area contributed by atoms with Gasteiger partial charge in [0.25, 0.3) is 0 Å². The topological polar surface area (TPSA) is 68.0 Å². The summed E-state index contributed by atoms with van der Waals surface area (Å²) < 4.78 is 16.1. The van der Waals surface area contributed by atoms with Crippen LogP contribution in [-0.2, 0) is 13.0 Å². The SMILES string of the molecule is COc1ccc(CN=C(NCCc2ccco2)NC2CCCCC2)cc1OC.I. The molecule has 1 fully saturated rings. The van der Waals surface area contributed by atoms with Crippen LogP contribution < -0.4 is 20.1 Å². The Labute approximate surface area is 190 Å². The highest BCUT2D eigenvalue weighted by atomic mass is 127. The van der Waals surface area contributed by atoms with Crippen molar-refractivity contribution in [2.45, 2.75) is 51.1 Å². The van der Waals surface area contributed by atoms with E-state index in [2.05, 4.69) is 10.6 Å². The lowest BCUT2D eigenvalue weighted by atomic mass is 9.96.